The first-order valence-corrected chi connectivity index (χ1v) is 12.2. The van der Waals surface area contributed by atoms with Gasteiger partial charge in [-0.15, -0.1) is 0 Å². The Morgan fingerprint density at radius 3 is 2.46 bits per heavy atom. The van der Waals surface area contributed by atoms with Gasteiger partial charge in [0.25, 0.3) is 5.91 Å². The van der Waals surface area contributed by atoms with Crippen molar-refractivity contribution in [1.29, 1.82) is 5.26 Å². The Hall–Kier alpha value is -3.85. The number of likely N-dealkylation sites (tertiary alicyclic amines) is 1. The van der Waals surface area contributed by atoms with Crippen molar-refractivity contribution in [2.24, 2.45) is 0 Å². The van der Waals surface area contributed by atoms with Crippen molar-refractivity contribution in [1.82, 2.24) is 14.9 Å². The summed E-state index contributed by atoms with van der Waals surface area (Å²) in [6.45, 7) is 9.57. The average Bonchev–Trinajstić information content (AvgIpc) is 3.36. The van der Waals surface area contributed by atoms with Crippen LogP contribution < -0.4 is 4.74 Å². The quantitative estimate of drug-likeness (QED) is 0.350. The number of ether oxygens (including phenoxy) is 1. The molecule has 1 saturated heterocycles. The van der Waals surface area contributed by atoms with E-state index in [2.05, 4.69) is 36.5 Å². The van der Waals surface area contributed by atoms with E-state index in [4.69, 9.17) is 4.74 Å². The summed E-state index contributed by atoms with van der Waals surface area (Å²) in [4.78, 5) is 22.3. The number of aromatic amines is 1. The van der Waals surface area contributed by atoms with Crippen molar-refractivity contribution in [3.05, 3.63) is 77.6 Å². The molecule has 0 aliphatic carbocycles. The number of nitrogens with one attached hydrogen (secondary N) is 1. The second-order valence-electron chi connectivity index (χ2n) is 8.57. The molecule has 1 N–H and O–H groups in total. The maximum atomic E-state index is 13.1. The predicted molar refractivity (Wildman–Crippen MR) is 141 cm³/mol. The molecule has 3 aromatic rings. The molecule has 2 aromatic heterocycles. The fourth-order valence-corrected chi connectivity index (χ4v) is 4.07. The standard InChI is InChI=1S/C25H24N4O2.C4H10/c1-17(21-16-28-24-23(21)22(31-2)8-11-27-24)25(30)29-12-9-19(10-13-29)20(15-26)14-18-6-4-3-5-7-18;1-3-4-2/h3-8,11,16H,1,9-10,12-14H2,2H3,(H,27,28);3-4H2,1-2H3. The molecule has 0 bridgehead atoms. The molecule has 1 amide bonds. The number of piperidine rings is 1. The lowest BCUT2D eigenvalue weighted by molar-refractivity contribution is -0.125. The first kappa shape index (κ1) is 25.8. The van der Waals surface area contributed by atoms with Gasteiger partial charge in [-0.1, -0.05) is 69.2 Å². The van der Waals surface area contributed by atoms with E-state index < -0.39 is 0 Å². The number of benzene rings is 1. The first-order valence-electron chi connectivity index (χ1n) is 12.2. The number of aromatic nitrogens is 2. The molecule has 6 nitrogen and oxygen atoms in total. The third-order valence-electron chi connectivity index (χ3n) is 6.28. The van der Waals surface area contributed by atoms with Crippen LogP contribution in [0.5, 0.6) is 5.75 Å². The Morgan fingerprint density at radius 1 is 1.17 bits per heavy atom. The highest BCUT2D eigenvalue weighted by molar-refractivity contribution is 6.22. The Balaban J connectivity index is 0.000000795. The molecule has 1 aliphatic rings. The van der Waals surface area contributed by atoms with Gasteiger partial charge in [0.05, 0.1) is 18.6 Å². The summed E-state index contributed by atoms with van der Waals surface area (Å²) >= 11 is 0. The maximum absolute atomic E-state index is 13.1. The molecule has 0 atom stereocenters. The molecule has 1 aliphatic heterocycles. The third kappa shape index (κ3) is 6.19. The van der Waals surface area contributed by atoms with Crippen LogP contribution in [0.2, 0.25) is 0 Å². The Labute approximate surface area is 207 Å². The number of amides is 1. The van der Waals surface area contributed by atoms with Gasteiger partial charge in [0, 0.05) is 48.6 Å². The van der Waals surface area contributed by atoms with Crippen LogP contribution in [-0.4, -0.2) is 41.0 Å². The largest absolute Gasteiger partial charge is 0.496 e. The summed E-state index contributed by atoms with van der Waals surface area (Å²) < 4.78 is 5.44. The molecule has 1 fully saturated rings. The number of H-pyrrole nitrogens is 1. The molecule has 0 saturated carbocycles. The van der Waals surface area contributed by atoms with Gasteiger partial charge >= 0.3 is 0 Å². The van der Waals surface area contributed by atoms with Crippen LogP contribution in [0.15, 0.2) is 66.5 Å². The van der Waals surface area contributed by atoms with Crippen LogP contribution in [-0.2, 0) is 11.2 Å². The van der Waals surface area contributed by atoms with Gasteiger partial charge < -0.3 is 14.6 Å². The highest BCUT2D eigenvalue weighted by atomic mass is 16.5. The van der Waals surface area contributed by atoms with Crippen LogP contribution >= 0.6 is 0 Å². The summed E-state index contributed by atoms with van der Waals surface area (Å²) in [7, 11) is 1.59. The summed E-state index contributed by atoms with van der Waals surface area (Å²) in [6, 6.07) is 14.1. The molecule has 35 heavy (non-hydrogen) atoms. The van der Waals surface area contributed by atoms with Crippen LogP contribution in [0.3, 0.4) is 0 Å². The topological polar surface area (TPSA) is 82.0 Å². The summed E-state index contributed by atoms with van der Waals surface area (Å²) in [6.07, 6.45) is 8.09. The summed E-state index contributed by atoms with van der Waals surface area (Å²) in [5.41, 5.74) is 4.85. The van der Waals surface area contributed by atoms with Crippen molar-refractivity contribution in [3.8, 4) is 11.8 Å². The van der Waals surface area contributed by atoms with Gasteiger partial charge in [0.1, 0.15) is 11.4 Å². The van der Waals surface area contributed by atoms with E-state index in [0.717, 1.165) is 22.1 Å². The Morgan fingerprint density at radius 2 is 1.86 bits per heavy atom. The zero-order valence-corrected chi connectivity index (χ0v) is 20.9. The van der Waals surface area contributed by atoms with Crippen molar-refractivity contribution < 1.29 is 9.53 Å². The highest BCUT2D eigenvalue weighted by Gasteiger charge is 2.25. The average molecular weight is 471 g/mol. The van der Waals surface area contributed by atoms with E-state index in [1.807, 2.05) is 35.2 Å². The Bertz CT molecular complexity index is 1220. The van der Waals surface area contributed by atoms with Gasteiger partial charge in [-0.3, -0.25) is 4.79 Å². The number of methoxy groups -OCH3 is 1. The fraction of sp³-hybridized carbons (Fsp3) is 0.345. The third-order valence-corrected chi connectivity index (χ3v) is 6.28. The minimum absolute atomic E-state index is 0.104. The second-order valence-corrected chi connectivity index (χ2v) is 8.57. The van der Waals surface area contributed by atoms with Crippen molar-refractivity contribution in [2.75, 3.05) is 20.2 Å². The van der Waals surface area contributed by atoms with E-state index >= 15 is 0 Å². The first-order chi connectivity index (χ1) is 17.0. The van der Waals surface area contributed by atoms with Gasteiger partial charge in [-0.25, -0.2) is 4.98 Å². The monoisotopic (exact) mass is 470 g/mol. The van der Waals surface area contributed by atoms with E-state index in [-0.39, 0.29) is 5.91 Å². The number of carbonyl (C=O) groups is 1. The summed E-state index contributed by atoms with van der Waals surface area (Å²) in [5, 5.41) is 10.4. The number of pyridine rings is 1. The van der Waals surface area contributed by atoms with E-state index in [0.29, 0.717) is 54.9 Å². The van der Waals surface area contributed by atoms with Gasteiger partial charge in [-0.2, -0.15) is 5.26 Å². The normalized spacial score (nSPS) is 13.0. The van der Waals surface area contributed by atoms with Crippen LogP contribution in [0.25, 0.3) is 16.6 Å². The Kier molecular flexibility index (Phi) is 9.25. The minimum Gasteiger partial charge on any atom is -0.496 e. The number of allylic oxidation sites excluding steroid dienone is 1. The second kappa shape index (κ2) is 12.6. The fourth-order valence-electron chi connectivity index (χ4n) is 4.07. The number of hydrogen-bond donors (Lipinski definition) is 1. The molecule has 0 spiro atoms. The lowest BCUT2D eigenvalue weighted by atomic mass is 9.93. The number of carbonyl (C=O) groups excluding carboxylic acids is 1. The molecule has 4 rings (SSSR count). The lowest BCUT2D eigenvalue weighted by Crippen LogP contribution is -2.37. The van der Waals surface area contributed by atoms with Crippen molar-refractivity contribution >= 4 is 22.5 Å². The van der Waals surface area contributed by atoms with Crippen molar-refractivity contribution in [2.45, 2.75) is 46.0 Å². The van der Waals surface area contributed by atoms with E-state index in [1.54, 1.807) is 25.6 Å². The lowest BCUT2D eigenvalue weighted by Gasteiger charge is -2.29. The highest BCUT2D eigenvalue weighted by Crippen LogP contribution is 2.32. The maximum Gasteiger partial charge on any atom is 0.253 e. The van der Waals surface area contributed by atoms with Gasteiger partial charge in [-0.05, 0) is 24.5 Å². The molecule has 6 heteroatoms. The molecule has 3 heterocycles. The van der Waals surface area contributed by atoms with Gasteiger partial charge in [0.15, 0.2) is 0 Å². The smallest absolute Gasteiger partial charge is 0.253 e. The molecular weight excluding hydrogens is 436 g/mol. The van der Waals surface area contributed by atoms with Gasteiger partial charge in [0.2, 0.25) is 0 Å². The van der Waals surface area contributed by atoms with Crippen LogP contribution in [0.4, 0.5) is 0 Å². The molecule has 0 unspecified atom stereocenters. The van der Waals surface area contributed by atoms with Crippen LogP contribution in [0, 0.1) is 11.3 Å². The van der Waals surface area contributed by atoms with Crippen molar-refractivity contribution in [3.63, 3.8) is 0 Å². The zero-order chi connectivity index (χ0) is 25.2. The predicted octanol–water partition coefficient (Wildman–Crippen LogP) is 6.08. The number of hydrogen-bond acceptors (Lipinski definition) is 4. The number of unbranched alkanes of at least 4 members (excludes halogenated alkanes) is 1. The minimum atomic E-state index is -0.104. The summed E-state index contributed by atoms with van der Waals surface area (Å²) in [5.74, 6) is 0.547. The van der Waals surface area contributed by atoms with E-state index in [1.165, 1.54) is 12.8 Å². The van der Waals surface area contributed by atoms with Crippen LogP contribution in [0.1, 0.15) is 50.7 Å². The zero-order valence-electron chi connectivity index (χ0n) is 20.9. The van der Waals surface area contributed by atoms with E-state index in [9.17, 15) is 10.1 Å². The molecular formula is C29H34N4O2. The molecule has 1 aromatic carbocycles. The SMILES string of the molecule is C=C(C(=O)N1CCC(=C(C#N)Cc2ccccc2)CC1)c1c[nH]c2nccc(OC)c12.CCCC. The number of nitrogens with zero attached hydrogens (tertiary/aromatic N) is 3. The number of rotatable bonds is 6. The number of fused-ring (bicyclic) bond motifs is 1. The number of nitriles is 1. The molecule has 0 radical (unpaired) electrons. The molecule has 182 valence electrons.